The van der Waals surface area contributed by atoms with Crippen LogP contribution < -0.4 is 5.32 Å². The molecule has 0 aliphatic heterocycles. The maximum atomic E-state index is 11.2. The molecular weight excluding hydrogens is 250 g/mol. The molecule has 0 bridgehead atoms. The predicted octanol–water partition coefficient (Wildman–Crippen LogP) is 2.91. The standard InChI is InChI=1S/C12H9N3O2S/c1-7(16)13-10-8-4-6-18-12(8)15-11(14-10)9-3-2-5-17-9/h2-6H,1H3,(H,13,14,15,16). The van der Waals surface area contributed by atoms with Gasteiger partial charge in [-0.1, -0.05) is 0 Å². The van der Waals surface area contributed by atoms with E-state index in [1.165, 1.54) is 18.3 Å². The lowest BCUT2D eigenvalue weighted by Crippen LogP contribution is -2.08. The Morgan fingerprint density at radius 1 is 1.39 bits per heavy atom. The third-order valence-electron chi connectivity index (χ3n) is 2.36. The molecule has 5 nitrogen and oxygen atoms in total. The number of hydrogen-bond donors (Lipinski definition) is 1. The second-order valence-electron chi connectivity index (χ2n) is 3.69. The van der Waals surface area contributed by atoms with Crippen LogP contribution in [0.2, 0.25) is 0 Å². The summed E-state index contributed by atoms with van der Waals surface area (Å²) in [5, 5.41) is 5.46. The zero-order chi connectivity index (χ0) is 12.5. The highest BCUT2D eigenvalue weighted by atomic mass is 32.1. The van der Waals surface area contributed by atoms with E-state index in [4.69, 9.17) is 4.42 Å². The number of carbonyl (C=O) groups excluding carboxylic acids is 1. The van der Waals surface area contributed by atoms with Crippen molar-refractivity contribution < 1.29 is 9.21 Å². The van der Waals surface area contributed by atoms with Gasteiger partial charge in [-0.25, -0.2) is 9.97 Å². The molecule has 0 saturated carbocycles. The largest absolute Gasteiger partial charge is 0.461 e. The first kappa shape index (κ1) is 10.9. The van der Waals surface area contributed by atoms with Gasteiger partial charge in [0.25, 0.3) is 0 Å². The van der Waals surface area contributed by atoms with Crippen molar-refractivity contribution in [2.45, 2.75) is 6.92 Å². The number of rotatable bonds is 2. The molecule has 3 rings (SSSR count). The zero-order valence-electron chi connectivity index (χ0n) is 9.51. The smallest absolute Gasteiger partial charge is 0.222 e. The highest BCUT2D eigenvalue weighted by Crippen LogP contribution is 2.28. The molecule has 0 unspecified atom stereocenters. The number of thiophene rings is 1. The Kier molecular flexibility index (Phi) is 2.56. The molecule has 0 atom stereocenters. The van der Waals surface area contributed by atoms with E-state index in [1.54, 1.807) is 18.4 Å². The van der Waals surface area contributed by atoms with Crippen molar-refractivity contribution in [2.24, 2.45) is 0 Å². The minimum Gasteiger partial charge on any atom is -0.461 e. The molecule has 90 valence electrons. The van der Waals surface area contributed by atoms with E-state index >= 15 is 0 Å². The van der Waals surface area contributed by atoms with Crippen molar-refractivity contribution in [1.29, 1.82) is 0 Å². The molecule has 18 heavy (non-hydrogen) atoms. The van der Waals surface area contributed by atoms with Crippen LogP contribution in [0, 0.1) is 0 Å². The fourth-order valence-electron chi connectivity index (χ4n) is 1.63. The van der Waals surface area contributed by atoms with Crippen LogP contribution in [0.3, 0.4) is 0 Å². The normalized spacial score (nSPS) is 10.7. The number of hydrogen-bond acceptors (Lipinski definition) is 5. The van der Waals surface area contributed by atoms with Crippen LogP contribution >= 0.6 is 11.3 Å². The average molecular weight is 259 g/mol. The van der Waals surface area contributed by atoms with Gasteiger partial charge in [0.2, 0.25) is 5.91 Å². The van der Waals surface area contributed by atoms with Crippen LogP contribution in [0.4, 0.5) is 5.82 Å². The lowest BCUT2D eigenvalue weighted by Gasteiger charge is -2.04. The molecule has 0 aromatic carbocycles. The fraction of sp³-hybridized carbons (Fsp3) is 0.0833. The Morgan fingerprint density at radius 2 is 2.28 bits per heavy atom. The van der Waals surface area contributed by atoms with E-state index in [-0.39, 0.29) is 5.91 Å². The topological polar surface area (TPSA) is 68.0 Å². The number of furan rings is 1. The van der Waals surface area contributed by atoms with E-state index in [1.807, 2.05) is 11.4 Å². The average Bonchev–Trinajstić information content (AvgIpc) is 2.99. The number of fused-ring (bicyclic) bond motifs is 1. The van der Waals surface area contributed by atoms with Gasteiger partial charge in [-0.3, -0.25) is 4.79 Å². The van der Waals surface area contributed by atoms with Crippen molar-refractivity contribution in [3.63, 3.8) is 0 Å². The van der Waals surface area contributed by atoms with Gasteiger partial charge in [-0.15, -0.1) is 11.3 Å². The van der Waals surface area contributed by atoms with Gasteiger partial charge in [0, 0.05) is 6.92 Å². The molecule has 3 aromatic heterocycles. The Bertz CT molecular complexity index is 703. The SMILES string of the molecule is CC(=O)Nc1nc(-c2ccco2)nc2sccc12. The molecule has 3 aromatic rings. The van der Waals surface area contributed by atoms with Crippen LogP contribution in [0.5, 0.6) is 0 Å². The van der Waals surface area contributed by atoms with Crippen LogP contribution in [-0.2, 0) is 4.79 Å². The fourth-order valence-corrected chi connectivity index (χ4v) is 2.40. The molecule has 0 aliphatic carbocycles. The van der Waals surface area contributed by atoms with Crippen molar-refractivity contribution in [3.8, 4) is 11.6 Å². The second-order valence-corrected chi connectivity index (χ2v) is 4.59. The maximum Gasteiger partial charge on any atom is 0.222 e. The second kappa shape index (κ2) is 4.23. The molecule has 0 aliphatic rings. The van der Waals surface area contributed by atoms with Crippen molar-refractivity contribution in [1.82, 2.24) is 9.97 Å². The third-order valence-corrected chi connectivity index (χ3v) is 3.17. The first-order valence-electron chi connectivity index (χ1n) is 5.31. The summed E-state index contributed by atoms with van der Waals surface area (Å²) in [7, 11) is 0. The summed E-state index contributed by atoms with van der Waals surface area (Å²) in [6.07, 6.45) is 1.56. The molecule has 6 heteroatoms. The summed E-state index contributed by atoms with van der Waals surface area (Å²) in [6, 6.07) is 5.44. The quantitative estimate of drug-likeness (QED) is 0.768. The van der Waals surface area contributed by atoms with Crippen LogP contribution in [0.25, 0.3) is 21.8 Å². The van der Waals surface area contributed by atoms with Gasteiger partial charge in [0.1, 0.15) is 10.6 Å². The van der Waals surface area contributed by atoms with Gasteiger partial charge in [-0.2, -0.15) is 0 Å². The maximum absolute atomic E-state index is 11.2. The summed E-state index contributed by atoms with van der Waals surface area (Å²) < 4.78 is 5.27. The van der Waals surface area contributed by atoms with Crippen molar-refractivity contribution >= 4 is 33.3 Å². The van der Waals surface area contributed by atoms with Crippen LogP contribution in [0.1, 0.15) is 6.92 Å². The Balaban J connectivity index is 2.19. The first-order valence-corrected chi connectivity index (χ1v) is 6.19. The molecule has 0 radical (unpaired) electrons. The summed E-state index contributed by atoms with van der Waals surface area (Å²) in [4.78, 5) is 20.7. The van der Waals surface area contributed by atoms with Gasteiger partial charge < -0.3 is 9.73 Å². The number of nitrogens with one attached hydrogen (secondary N) is 1. The summed E-state index contributed by atoms with van der Waals surface area (Å²) >= 11 is 1.50. The minimum absolute atomic E-state index is 0.161. The summed E-state index contributed by atoms with van der Waals surface area (Å²) in [5.41, 5.74) is 0. The first-order chi connectivity index (χ1) is 8.74. The third kappa shape index (κ3) is 1.86. The minimum atomic E-state index is -0.161. The summed E-state index contributed by atoms with van der Waals surface area (Å²) in [6.45, 7) is 1.45. The van der Waals surface area contributed by atoms with Gasteiger partial charge >= 0.3 is 0 Å². The molecule has 1 N–H and O–H groups in total. The molecule has 3 heterocycles. The predicted molar refractivity (Wildman–Crippen MR) is 69.4 cm³/mol. The Morgan fingerprint density at radius 3 is 3.00 bits per heavy atom. The van der Waals surface area contributed by atoms with E-state index in [0.717, 1.165) is 10.2 Å². The zero-order valence-corrected chi connectivity index (χ0v) is 10.3. The summed E-state index contributed by atoms with van der Waals surface area (Å²) in [5.74, 6) is 1.40. The number of amides is 1. The lowest BCUT2D eigenvalue weighted by molar-refractivity contribution is -0.114. The molecule has 0 spiro atoms. The molecular formula is C12H9N3O2S. The van der Waals surface area contributed by atoms with Gasteiger partial charge in [0.15, 0.2) is 11.6 Å². The molecule has 0 fully saturated rings. The highest BCUT2D eigenvalue weighted by molar-refractivity contribution is 7.16. The molecule has 1 amide bonds. The van der Waals surface area contributed by atoms with E-state index in [9.17, 15) is 4.79 Å². The number of aromatic nitrogens is 2. The lowest BCUT2D eigenvalue weighted by atomic mass is 10.3. The number of anilines is 1. The highest BCUT2D eigenvalue weighted by Gasteiger charge is 2.12. The Labute approximate surface area is 106 Å². The van der Waals surface area contributed by atoms with E-state index in [2.05, 4.69) is 15.3 Å². The van der Waals surface area contributed by atoms with E-state index < -0.39 is 0 Å². The van der Waals surface area contributed by atoms with Crippen molar-refractivity contribution in [3.05, 3.63) is 29.8 Å². The number of nitrogens with zero attached hydrogens (tertiary/aromatic N) is 2. The Hall–Kier alpha value is -2.21. The number of carbonyl (C=O) groups is 1. The monoisotopic (exact) mass is 259 g/mol. The van der Waals surface area contributed by atoms with Crippen LogP contribution in [0.15, 0.2) is 34.3 Å². The molecule has 0 saturated heterocycles. The van der Waals surface area contributed by atoms with Gasteiger partial charge in [-0.05, 0) is 23.6 Å². The van der Waals surface area contributed by atoms with Crippen molar-refractivity contribution in [2.75, 3.05) is 5.32 Å². The van der Waals surface area contributed by atoms with E-state index in [0.29, 0.717) is 17.4 Å². The van der Waals surface area contributed by atoms with Crippen LogP contribution in [-0.4, -0.2) is 15.9 Å². The van der Waals surface area contributed by atoms with Gasteiger partial charge in [0.05, 0.1) is 11.6 Å².